The molecule has 102 valence electrons. The smallest absolute Gasteiger partial charge is 0.322 e. The van der Waals surface area contributed by atoms with Crippen LogP contribution in [-0.4, -0.2) is 52.8 Å². The fourth-order valence-corrected chi connectivity index (χ4v) is 2.83. The average Bonchev–Trinajstić information content (AvgIpc) is 2.99. The molecule has 2 amide bonds. The largest absolute Gasteiger partial charge is 0.344 e. The summed E-state index contributed by atoms with van der Waals surface area (Å²) in [6, 6.07) is 1.50. The molecule has 3 heterocycles. The number of amides is 2. The van der Waals surface area contributed by atoms with Crippen LogP contribution in [0, 0.1) is 11.8 Å². The van der Waals surface area contributed by atoms with E-state index in [1.54, 1.807) is 12.3 Å². The number of aromatic nitrogens is 2. The Morgan fingerprint density at radius 2 is 2.05 bits per heavy atom. The molecule has 2 aliphatic rings. The van der Waals surface area contributed by atoms with Crippen molar-refractivity contribution in [2.75, 3.05) is 31.5 Å². The lowest BCUT2D eigenvalue weighted by Crippen LogP contribution is -2.35. The molecule has 0 aliphatic carbocycles. The Kier molecular flexibility index (Phi) is 2.98. The van der Waals surface area contributed by atoms with E-state index in [2.05, 4.69) is 15.7 Å². The summed E-state index contributed by atoms with van der Waals surface area (Å²) in [6.45, 7) is 4.96. The fraction of sp³-hybridized carbons (Fsp3) is 0.583. The second-order valence-electron chi connectivity index (χ2n) is 5.19. The molecule has 3 rings (SSSR count). The van der Waals surface area contributed by atoms with Crippen LogP contribution in [0.15, 0.2) is 12.3 Å². The predicted molar refractivity (Wildman–Crippen MR) is 68.7 cm³/mol. The zero-order valence-corrected chi connectivity index (χ0v) is 10.8. The first-order valence-corrected chi connectivity index (χ1v) is 6.47. The maximum atomic E-state index is 12.3. The SMILES string of the molecule is CC(=O)Nc1ccn(C(=O)N2CC3CNCC3C2)n1. The molecule has 2 fully saturated rings. The third-order valence-corrected chi connectivity index (χ3v) is 3.75. The monoisotopic (exact) mass is 263 g/mol. The topological polar surface area (TPSA) is 79.3 Å². The van der Waals surface area contributed by atoms with Gasteiger partial charge in [-0.05, 0) is 11.8 Å². The van der Waals surface area contributed by atoms with Crippen molar-refractivity contribution in [3.05, 3.63) is 12.3 Å². The van der Waals surface area contributed by atoms with Gasteiger partial charge in [0.2, 0.25) is 5.91 Å². The van der Waals surface area contributed by atoms with Crippen LogP contribution in [0.2, 0.25) is 0 Å². The van der Waals surface area contributed by atoms with E-state index in [4.69, 9.17) is 0 Å². The Bertz CT molecular complexity index is 500. The fourth-order valence-electron chi connectivity index (χ4n) is 2.83. The van der Waals surface area contributed by atoms with Gasteiger partial charge in [0, 0.05) is 45.4 Å². The van der Waals surface area contributed by atoms with Crippen LogP contribution >= 0.6 is 0 Å². The quantitative estimate of drug-likeness (QED) is 0.745. The van der Waals surface area contributed by atoms with Gasteiger partial charge in [0.25, 0.3) is 0 Å². The summed E-state index contributed by atoms with van der Waals surface area (Å²) in [5, 5.41) is 9.97. The molecular formula is C12H17N5O2. The molecule has 0 bridgehead atoms. The Balaban J connectivity index is 1.67. The standard InChI is InChI=1S/C12H17N5O2/c1-8(18)14-11-2-3-17(15-11)12(19)16-6-9-4-13-5-10(9)7-16/h2-3,9-10,13H,4-7H2,1H3,(H,14,15,18). The van der Waals surface area contributed by atoms with Gasteiger partial charge < -0.3 is 15.5 Å². The number of hydrogen-bond donors (Lipinski definition) is 2. The summed E-state index contributed by atoms with van der Waals surface area (Å²) < 4.78 is 1.29. The molecule has 2 atom stereocenters. The van der Waals surface area contributed by atoms with Gasteiger partial charge in [-0.25, -0.2) is 4.79 Å². The summed E-state index contributed by atoms with van der Waals surface area (Å²) >= 11 is 0. The normalized spacial score (nSPS) is 25.4. The lowest BCUT2D eigenvalue weighted by atomic mass is 10.0. The summed E-state index contributed by atoms with van der Waals surface area (Å²) in [6.07, 6.45) is 1.58. The Morgan fingerprint density at radius 3 is 2.68 bits per heavy atom. The van der Waals surface area contributed by atoms with Gasteiger partial charge in [0.1, 0.15) is 0 Å². The number of fused-ring (bicyclic) bond motifs is 1. The molecule has 7 heteroatoms. The van der Waals surface area contributed by atoms with Crippen molar-refractivity contribution in [3.63, 3.8) is 0 Å². The second kappa shape index (κ2) is 4.65. The van der Waals surface area contributed by atoms with Gasteiger partial charge in [0.05, 0.1) is 0 Å². The maximum absolute atomic E-state index is 12.3. The van der Waals surface area contributed by atoms with E-state index in [1.807, 2.05) is 4.90 Å². The molecule has 0 aromatic carbocycles. The van der Waals surface area contributed by atoms with Gasteiger partial charge in [-0.3, -0.25) is 4.79 Å². The van der Waals surface area contributed by atoms with E-state index >= 15 is 0 Å². The van der Waals surface area contributed by atoms with Crippen molar-refractivity contribution < 1.29 is 9.59 Å². The molecule has 2 unspecified atom stereocenters. The molecule has 19 heavy (non-hydrogen) atoms. The van der Waals surface area contributed by atoms with E-state index < -0.39 is 0 Å². The van der Waals surface area contributed by atoms with Gasteiger partial charge in [-0.1, -0.05) is 0 Å². The van der Waals surface area contributed by atoms with Crippen molar-refractivity contribution in [1.82, 2.24) is 20.0 Å². The molecule has 1 aromatic heterocycles. The number of hydrogen-bond acceptors (Lipinski definition) is 4. The number of likely N-dealkylation sites (tertiary alicyclic amines) is 1. The highest BCUT2D eigenvalue weighted by atomic mass is 16.2. The lowest BCUT2D eigenvalue weighted by Gasteiger charge is -2.16. The second-order valence-corrected chi connectivity index (χ2v) is 5.19. The van der Waals surface area contributed by atoms with E-state index in [0.29, 0.717) is 17.7 Å². The maximum Gasteiger partial charge on any atom is 0.344 e. The van der Waals surface area contributed by atoms with Crippen molar-refractivity contribution in [3.8, 4) is 0 Å². The van der Waals surface area contributed by atoms with Crippen LogP contribution in [-0.2, 0) is 4.79 Å². The van der Waals surface area contributed by atoms with Crippen LogP contribution in [0.4, 0.5) is 10.6 Å². The molecule has 0 radical (unpaired) electrons. The highest BCUT2D eigenvalue weighted by Gasteiger charge is 2.38. The van der Waals surface area contributed by atoms with Crippen LogP contribution in [0.1, 0.15) is 6.92 Å². The van der Waals surface area contributed by atoms with Crippen LogP contribution in [0.5, 0.6) is 0 Å². The van der Waals surface area contributed by atoms with E-state index in [1.165, 1.54) is 11.6 Å². The van der Waals surface area contributed by atoms with Crippen LogP contribution in [0.3, 0.4) is 0 Å². The van der Waals surface area contributed by atoms with Crippen molar-refractivity contribution in [2.24, 2.45) is 11.8 Å². The van der Waals surface area contributed by atoms with Gasteiger partial charge >= 0.3 is 6.03 Å². The van der Waals surface area contributed by atoms with Gasteiger partial charge in [0.15, 0.2) is 5.82 Å². The minimum absolute atomic E-state index is 0.119. The Labute approximate surface area is 110 Å². The van der Waals surface area contributed by atoms with Gasteiger partial charge in [-0.2, -0.15) is 4.68 Å². The zero-order chi connectivity index (χ0) is 13.4. The third kappa shape index (κ3) is 2.33. The van der Waals surface area contributed by atoms with Crippen molar-refractivity contribution in [2.45, 2.75) is 6.92 Å². The molecule has 0 saturated carbocycles. The summed E-state index contributed by atoms with van der Waals surface area (Å²) in [7, 11) is 0. The third-order valence-electron chi connectivity index (χ3n) is 3.75. The Morgan fingerprint density at radius 1 is 1.37 bits per heavy atom. The molecule has 0 spiro atoms. The zero-order valence-electron chi connectivity index (χ0n) is 10.8. The number of carbonyl (C=O) groups excluding carboxylic acids is 2. The number of rotatable bonds is 1. The predicted octanol–water partition coefficient (Wildman–Crippen LogP) is -0.0392. The van der Waals surface area contributed by atoms with E-state index in [0.717, 1.165) is 26.2 Å². The highest BCUT2D eigenvalue weighted by Crippen LogP contribution is 2.26. The van der Waals surface area contributed by atoms with Crippen LogP contribution in [0.25, 0.3) is 0 Å². The van der Waals surface area contributed by atoms with Crippen LogP contribution < -0.4 is 10.6 Å². The Hall–Kier alpha value is -1.89. The summed E-state index contributed by atoms with van der Waals surface area (Å²) in [4.78, 5) is 25.0. The number of carbonyl (C=O) groups is 2. The molecule has 1 aromatic rings. The minimum Gasteiger partial charge on any atom is -0.322 e. The molecular weight excluding hydrogens is 246 g/mol. The lowest BCUT2D eigenvalue weighted by molar-refractivity contribution is -0.114. The number of nitrogens with one attached hydrogen (secondary N) is 2. The average molecular weight is 263 g/mol. The number of anilines is 1. The first-order chi connectivity index (χ1) is 9.13. The summed E-state index contributed by atoms with van der Waals surface area (Å²) in [5.74, 6) is 1.34. The minimum atomic E-state index is -0.195. The van der Waals surface area contributed by atoms with Crippen molar-refractivity contribution >= 4 is 17.8 Å². The molecule has 2 aliphatic heterocycles. The van der Waals surface area contributed by atoms with Crippen molar-refractivity contribution in [1.29, 1.82) is 0 Å². The molecule has 2 N–H and O–H groups in total. The van der Waals surface area contributed by atoms with E-state index in [-0.39, 0.29) is 11.9 Å². The molecule has 2 saturated heterocycles. The number of nitrogens with zero attached hydrogens (tertiary/aromatic N) is 3. The molecule has 7 nitrogen and oxygen atoms in total. The first kappa shape index (κ1) is 12.2. The first-order valence-electron chi connectivity index (χ1n) is 6.47. The summed E-state index contributed by atoms with van der Waals surface area (Å²) in [5.41, 5.74) is 0. The van der Waals surface area contributed by atoms with E-state index in [9.17, 15) is 9.59 Å². The van der Waals surface area contributed by atoms with Gasteiger partial charge in [-0.15, -0.1) is 5.10 Å². The highest BCUT2D eigenvalue weighted by molar-refractivity contribution is 5.87.